The molecule has 0 fully saturated rings. The average Bonchev–Trinajstić information content (AvgIpc) is 2.70. The van der Waals surface area contributed by atoms with Gasteiger partial charge in [0.2, 0.25) is 0 Å². The van der Waals surface area contributed by atoms with Crippen molar-refractivity contribution in [1.82, 2.24) is 15.2 Å². The molecule has 102 valence electrons. The van der Waals surface area contributed by atoms with E-state index in [1.807, 2.05) is 50.2 Å². The molecule has 1 aromatic carbocycles. The Bertz CT molecular complexity index is 588. The van der Waals surface area contributed by atoms with Gasteiger partial charge in [0, 0.05) is 29.2 Å². The van der Waals surface area contributed by atoms with Crippen molar-refractivity contribution >= 4 is 22.5 Å². The number of benzene rings is 1. The maximum Gasteiger partial charge on any atom is 0.267 e. The Morgan fingerprint density at radius 1 is 1.42 bits per heavy atom. The standard InChI is InChI=1S/C14H20N4O/c1-9(8-18(2)3)16-14(19)13-7-10-6-11(15)4-5-12(10)17-13/h4-7,9,17H,8,15H2,1-3H3,(H,16,19). The van der Waals surface area contributed by atoms with Crippen LogP contribution in [0.1, 0.15) is 17.4 Å². The third-order valence-corrected chi connectivity index (χ3v) is 2.91. The van der Waals surface area contributed by atoms with E-state index in [2.05, 4.69) is 10.3 Å². The van der Waals surface area contributed by atoms with Crippen LogP contribution < -0.4 is 11.1 Å². The van der Waals surface area contributed by atoms with Gasteiger partial charge in [0.15, 0.2) is 0 Å². The number of nitrogens with two attached hydrogens (primary N) is 1. The summed E-state index contributed by atoms with van der Waals surface area (Å²) >= 11 is 0. The maximum absolute atomic E-state index is 12.1. The minimum absolute atomic E-state index is 0.0934. The number of aromatic nitrogens is 1. The lowest BCUT2D eigenvalue weighted by Crippen LogP contribution is -2.39. The molecule has 5 nitrogen and oxygen atoms in total. The van der Waals surface area contributed by atoms with Crippen molar-refractivity contribution in [2.75, 3.05) is 26.4 Å². The maximum atomic E-state index is 12.1. The highest BCUT2D eigenvalue weighted by Gasteiger charge is 2.12. The van der Waals surface area contributed by atoms with Crippen molar-refractivity contribution in [3.63, 3.8) is 0 Å². The van der Waals surface area contributed by atoms with Crippen molar-refractivity contribution < 1.29 is 4.79 Å². The molecular formula is C14H20N4O. The van der Waals surface area contributed by atoms with Gasteiger partial charge in [0.05, 0.1) is 0 Å². The predicted molar refractivity (Wildman–Crippen MR) is 78.2 cm³/mol. The Hall–Kier alpha value is -2.01. The summed E-state index contributed by atoms with van der Waals surface area (Å²) in [5.41, 5.74) is 7.90. The first-order valence-corrected chi connectivity index (χ1v) is 6.29. The topological polar surface area (TPSA) is 74.2 Å². The first-order chi connectivity index (χ1) is 8.95. The number of H-pyrrole nitrogens is 1. The van der Waals surface area contributed by atoms with E-state index in [1.165, 1.54) is 0 Å². The second-order valence-electron chi connectivity index (χ2n) is 5.17. The molecule has 0 aliphatic heterocycles. The van der Waals surface area contributed by atoms with Gasteiger partial charge in [0.1, 0.15) is 5.69 Å². The number of carbonyl (C=O) groups is 1. The van der Waals surface area contributed by atoms with Crippen molar-refractivity contribution in [3.05, 3.63) is 30.0 Å². The molecule has 19 heavy (non-hydrogen) atoms. The van der Waals surface area contributed by atoms with Crippen LogP contribution in [-0.4, -0.2) is 42.5 Å². The lowest BCUT2D eigenvalue weighted by molar-refractivity contribution is 0.0930. The van der Waals surface area contributed by atoms with Crippen LogP contribution in [0.25, 0.3) is 10.9 Å². The summed E-state index contributed by atoms with van der Waals surface area (Å²) < 4.78 is 0. The van der Waals surface area contributed by atoms with E-state index in [-0.39, 0.29) is 11.9 Å². The molecule has 0 saturated carbocycles. The number of fused-ring (bicyclic) bond motifs is 1. The Morgan fingerprint density at radius 3 is 2.84 bits per heavy atom. The number of carbonyl (C=O) groups excluding carboxylic acids is 1. The molecule has 1 heterocycles. The number of aromatic amines is 1. The van der Waals surface area contributed by atoms with Gasteiger partial charge in [-0.2, -0.15) is 0 Å². The smallest absolute Gasteiger partial charge is 0.267 e. The van der Waals surface area contributed by atoms with Gasteiger partial charge in [-0.15, -0.1) is 0 Å². The summed E-state index contributed by atoms with van der Waals surface area (Å²) in [6, 6.07) is 7.47. The van der Waals surface area contributed by atoms with Gasteiger partial charge < -0.3 is 20.9 Å². The molecule has 0 aliphatic carbocycles. The van der Waals surface area contributed by atoms with E-state index in [1.54, 1.807) is 0 Å². The molecule has 0 radical (unpaired) electrons. The van der Waals surface area contributed by atoms with Crippen molar-refractivity contribution in [1.29, 1.82) is 0 Å². The first kappa shape index (κ1) is 13.4. The molecule has 4 N–H and O–H groups in total. The third-order valence-electron chi connectivity index (χ3n) is 2.91. The average molecular weight is 260 g/mol. The minimum Gasteiger partial charge on any atom is -0.399 e. The number of amides is 1. The lowest BCUT2D eigenvalue weighted by Gasteiger charge is -2.17. The molecule has 0 saturated heterocycles. The molecule has 5 heteroatoms. The Morgan fingerprint density at radius 2 is 2.16 bits per heavy atom. The van der Waals surface area contributed by atoms with Crippen LogP contribution in [0, 0.1) is 0 Å². The van der Waals surface area contributed by atoms with E-state index >= 15 is 0 Å². The molecule has 2 rings (SSSR count). The normalized spacial score (nSPS) is 12.8. The zero-order valence-corrected chi connectivity index (χ0v) is 11.5. The monoisotopic (exact) mass is 260 g/mol. The first-order valence-electron chi connectivity index (χ1n) is 6.29. The van der Waals surface area contributed by atoms with E-state index in [0.29, 0.717) is 11.4 Å². The fourth-order valence-electron chi connectivity index (χ4n) is 2.17. The molecule has 1 unspecified atom stereocenters. The van der Waals surface area contributed by atoms with E-state index < -0.39 is 0 Å². The summed E-state index contributed by atoms with van der Waals surface area (Å²) in [6.45, 7) is 2.79. The molecule has 0 spiro atoms. The minimum atomic E-state index is -0.0934. The second-order valence-corrected chi connectivity index (χ2v) is 5.17. The number of hydrogen-bond donors (Lipinski definition) is 3. The number of rotatable bonds is 4. The number of hydrogen-bond acceptors (Lipinski definition) is 3. The summed E-state index contributed by atoms with van der Waals surface area (Å²) in [7, 11) is 3.96. The molecule has 0 bridgehead atoms. The summed E-state index contributed by atoms with van der Waals surface area (Å²) in [4.78, 5) is 17.2. The Labute approximate surface area is 112 Å². The van der Waals surface area contributed by atoms with Crippen LogP contribution in [0.3, 0.4) is 0 Å². The molecule has 1 aromatic heterocycles. The lowest BCUT2D eigenvalue weighted by atomic mass is 10.2. The largest absolute Gasteiger partial charge is 0.399 e. The van der Waals surface area contributed by atoms with Crippen LogP contribution >= 0.6 is 0 Å². The fraction of sp³-hybridized carbons (Fsp3) is 0.357. The van der Waals surface area contributed by atoms with Crippen molar-refractivity contribution in [2.24, 2.45) is 0 Å². The SMILES string of the molecule is CC(CN(C)C)NC(=O)c1cc2cc(N)ccc2[nH]1. The highest BCUT2D eigenvalue weighted by atomic mass is 16.1. The Kier molecular flexibility index (Phi) is 3.76. The van der Waals surface area contributed by atoms with Crippen LogP contribution in [0.5, 0.6) is 0 Å². The van der Waals surface area contributed by atoms with Crippen LogP contribution in [0.15, 0.2) is 24.3 Å². The summed E-state index contributed by atoms with van der Waals surface area (Å²) in [6.07, 6.45) is 0. The van der Waals surface area contributed by atoms with Gasteiger partial charge in [-0.1, -0.05) is 0 Å². The number of likely N-dealkylation sites (N-methyl/N-ethyl adjacent to an activating group) is 1. The predicted octanol–water partition coefficient (Wildman–Crippen LogP) is 1.43. The highest BCUT2D eigenvalue weighted by Crippen LogP contribution is 2.18. The van der Waals surface area contributed by atoms with Gasteiger partial charge in [-0.25, -0.2) is 0 Å². The number of nitrogens with one attached hydrogen (secondary N) is 2. The quantitative estimate of drug-likeness (QED) is 0.728. The van der Waals surface area contributed by atoms with Gasteiger partial charge in [-0.3, -0.25) is 4.79 Å². The van der Waals surface area contributed by atoms with E-state index in [0.717, 1.165) is 17.4 Å². The van der Waals surface area contributed by atoms with Crippen LogP contribution in [-0.2, 0) is 0 Å². The van der Waals surface area contributed by atoms with Gasteiger partial charge >= 0.3 is 0 Å². The number of nitrogen functional groups attached to an aromatic ring is 1. The Balaban J connectivity index is 2.13. The van der Waals surface area contributed by atoms with Gasteiger partial charge in [0.25, 0.3) is 5.91 Å². The second kappa shape index (κ2) is 5.32. The summed E-state index contributed by atoms with van der Waals surface area (Å²) in [5, 5.41) is 3.91. The zero-order chi connectivity index (χ0) is 14.0. The molecule has 1 atom stereocenters. The molecule has 1 amide bonds. The molecular weight excluding hydrogens is 240 g/mol. The van der Waals surface area contributed by atoms with E-state index in [4.69, 9.17) is 5.73 Å². The van der Waals surface area contributed by atoms with E-state index in [9.17, 15) is 4.79 Å². The summed E-state index contributed by atoms with van der Waals surface area (Å²) in [5.74, 6) is -0.0934. The van der Waals surface area contributed by atoms with Crippen molar-refractivity contribution in [3.8, 4) is 0 Å². The number of nitrogens with zero attached hydrogens (tertiary/aromatic N) is 1. The number of anilines is 1. The molecule has 0 aliphatic rings. The highest BCUT2D eigenvalue weighted by molar-refractivity contribution is 5.98. The fourth-order valence-corrected chi connectivity index (χ4v) is 2.17. The third kappa shape index (κ3) is 3.26. The van der Waals surface area contributed by atoms with Gasteiger partial charge in [-0.05, 0) is 45.3 Å². The van der Waals surface area contributed by atoms with Crippen LogP contribution in [0.2, 0.25) is 0 Å². The van der Waals surface area contributed by atoms with Crippen LogP contribution in [0.4, 0.5) is 5.69 Å². The molecule has 2 aromatic rings. The zero-order valence-electron chi connectivity index (χ0n) is 11.5. The van der Waals surface area contributed by atoms with Crippen molar-refractivity contribution in [2.45, 2.75) is 13.0 Å².